The fraction of sp³-hybridized carbons (Fsp3) is 0.125. The molecule has 0 saturated carbocycles. The third-order valence-corrected chi connectivity index (χ3v) is 3.16. The van der Waals surface area contributed by atoms with Crippen LogP contribution in [-0.4, -0.2) is 6.54 Å². The lowest BCUT2D eigenvalue weighted by Crippen LogP contribution is -1.94. The fourth-order valence-electron chi connectivity index (χ4n) is 1.89. The number of halogens is 1. The van der Waals surface area contributed by atoms with Gasteiger partial charge in [0, 0.05) is 11.6 Å². The fourth-order valence-corrected chi connectivity index (χ4v) is 2.08. The minimum Gasteiger partial charge on any atom is -0.327 e. The Kier molecular flexibility index (Phi) is 4.19. The average molecular weight is 258 g/mol. The quantitative estimate of drug-likeness (QED) is 0.868. The molecular formula is C16H16ClN. The Bertz CT molecular complexity index is 556. The van der Waals surface area contributed by atoms with Crippen LogP contribution < -0.4 is 5.73 Å². The third-order valence-electron chi connectivity index (χ3n) is 2.92. The standard InChI is InChI=1S/C16H16ClN/c1-12(9-10-18)13-5-7-14(8-6-13)15-3-2-4-16(17)11-15/h2-9,11H,10,18H2,1H3. The van der Waals surface area contributed by atoms with E-state index in [2.05, 4.69) is 37.3 Å². The van der Waals surface area contributed by atoms with Gasteiger partial charge in [-0.05, 0) is 41.3 Å². The monoisotopic (exact) mass is 257 g/mol. The van der Waals surface area contributed by atoms with Gasteiger partial charge in [0.2, 0.25) is 0 Å². The van der Waals surface area contributed by atoms with Gasteiger partial charge in [0.05, 0.1) is 0 Å². The maximum Gasteiger partial charge on any atom is 0.0412 e. The van der Waals surface area contributed by atoms with Gasteiger partial charge in [0.25, 0.3) is 0 Å². The molecule has 0 radical (unpaired) electrons. The van der Waals surface area contributed by atoms with Crippen molar-refractivity contribution in [3.05, 3.63) is 65.2 Å². The molecule has 0 aliphatic heterocycles. The maximum atomic E-state index is 5.99. The van der Waals surface area contributed by atoms with Crippen molar-refractivity contribution in [3.8, 4) is 11.1 Å². The number of allylic oxidation sites excluding steroid dienone is 1. The van der Waals surface area contributed by atoms with E-state index in [1.165, 1.54) is 16.7 Å². The second kappa shape index (κ2) is 5.85. The molecule has 0 heterocycles. The maximum absolute atomic E-state index is 5.99. The summed E-state index contributed by atoms with van der Waals surface area (Å²) in [4.78, 5) is 0. The molecule has 18 heavy (non-hydrogen) atoms. The van der Waals surface area contributed by atoms with Gasteiger partial charge in [0.1, 0.15) is 0 Å². The predicted molar refractivity (Wildman–Crippen MR) is 79.6 cm³/mol. The first-order chi connectivity index (χ1) is 8.70. The molecule has 0 saturated heterocycles. The topological polar surface area (TPSA) is 26.0 Å². The molecule has 2 aromatic carbocycles. The molecular weight excluding hydrogens is 242 g/mol. The SMILES string of the molecule is CC(=CCN)c1ccc(-c2cccc(Cl)c2)cc1. The van der Waals surface area contributed by atoms with Crippen LogP contribution in [-0.2, 0) is 0 Å². The molecule has 2 N–H and O–H groups in total. The van der Waals surface area contributed by atoms with Crippen molar-refractivity contribution in [1.29, 1.82) is 0 Å². The molecule has 0 atom stereocenters. The molecule has 0 amide bonds. The molecule has 0 unspecified atom stereocenters. The summed E-state index contributed by atoms with van der Waals surface area (Å²) in [5, 5.41) is 0.760. The van der Waals surface area contributed by atoms with E-state index >= 15 is 0 Å². The zero-order valence-corrected chi connectivity index (χ0v) is 11.1. The van der Waals surface area contributed by atoms with E-state index in [0.717, 1.165) is 10.6 Å². The van der Waals surface area contributed by atoms with Crippen molar-refractivity contribution in [1.82, 2.24) is 0 Å². The van der Waals surface area contributed by atoms with Gasteiger partial charge in [-0.1, -0.05) is 54.1 Å². The van der Waals surface area contributed by atoms with Crippen LogP contribution in [0.5, 0.6) is 0 Å². The van der Waals surface area contributed by atoms with Gasteiger partial charge in [-0.25, -0.2) is 0 Å². The summed E-state index contributed by atoms with van der Waals surface area (Å²) in [6.07, 6.45) is 2.02. The molecule has 0 aromatic heterocycles. The van der Waals surface area contributed by atoms with Crippen molar-refractivity contribution in [2.75, 3.05) is 6.54 Å². The van der Waals surface area contributed by atoms with Gasteiger partial charge < -0.3 is 5.73 Å². The van der Waals surface area contributed by atoms with Gasteiger partial charge >= 0.3 is 0 Å². The molecule has 0 aliphatic carbocycles. The van der Waals surface area contributed by atoms with E-state index in [1.807, 2.05) is 24.3 Å². The Hall–Kier alpha value is -1.57. The van der Waals surface area contributed by atoms with Crippen LogP contribution in [0.3, 0.4) is 0 Å². The molecule has 92 valence electrons. The molecule has 2 aromatic rings. The first-order valence-corrected chi connectivity index (χ1v) is 6.31. The van der Waals surface area contributed by atoms with Crippen LogP contribution in [0.4, 0.5) is 0 Å². The summed E-state index contributed by atoms with van der Waals surface area (Å²) in [7, 11) is 0. The Morgan fingerprint density at radius 1 is 1.11 bits per heavy atom. The van der Waals surface area contributed by atoms with Crippen LogP contribution in [0.15, 0.2) is 54.6 Å². The Morgan fingerprint density at radius 3 is 2.44 bits per heavy atom. The summed E-state index contributed by atoms with van der Waals surface area (Å²) in [6, 6.07) is 16.3. The number of nitrogens with two attached hydrogens (primary N) is 1. The van der Waals surface area contributed by atoms with Gasteiger partial charge in [-0.15, -0.1) is 0 Å². The summed E-state index contributed by atoms with van der Waals surface area (Å²) in [5.74, 6) is 0. The second-order valence-corrected chi connectivity index (χ2v) is 4.65. The Labute approximate surface area is 113 Å². The minimum atomic E-state index is 0.571. The minimum absolute atomic E-state index is 0.571. The highest BCUT2D eigenvalue weighted by Crippen LogP contribution is 2.24. The first-order valence-electron chi connectivity index (χ1n) is 5.94. The Morgan fingerprint density at radius 2 is 1.83 bits per heavy atom. The van der Waals surface area contributed by atoms with Crippen LogP contribution in [0.2, 0.25) is 5.02 Å². The normalized spacial score (nSPS) is 11.6. The van der Waals surface area contributed by atoms with Crippen molar-refractivity contribution < 1.29 is 0 Å². The molecule has 2 rings (SSSR count). The van der Waals surface area contributed by atoms with Crippen molar-refractivity contribution in [2.45, 2.75) is 6.92 Å². The lowest BCUT2D eigenvalue weighted by molar-refractivity contribution is 1.25. The van der Waals surface area contributed by atoms with Crippen LogP contribution in [0.1, 0.15) is 12.5 Å². The zero-order chi connectivity index (χ0) is 13.0. The van der Waals surface area contributed by atoms with Gasteiger partial charge in [0.15, 0.2) is 0 Å². The van der Waals surface area contributed by atoms with Gasteiger partial charge in [-0.3, -0.25) is 0 Å². The third kappa shape index (κ3) is 3.00. The molecule has 2 heteroatoms. The number of hydrogen-bond donors (Lipinski definition) is 1. The predicted octanol–water partition coefficient (Wildman–Crippen LogP) is 4.37. The van der Waals surface area contributed by atoms with E-state index in [0.29, 0.717) is 6.54 Å². The van der Waals surface area contributed by atoms with E-state index in [4.69, 9.17) is 17.3 Å². The van der Waals surface area contributed by atoms with E-state index in [1.54, 1.807) is 0 Å². The van der Waals surface area contributed by atoms with Crippen molar-refractivity contribution in [2.24, 2.45) is 5.73 Å². The largest absolute Gasteiger partial charge is 0.327 e. The van der Waals surface area contributed by atoms with Crippen LogP contribution in [0.25, 0.3) is 16.7 Å². The summed E-state index contributed by atoms with van der Waals surface area (Å²) in [5.41, 5.74) is 10.2. The first kappa shape index (κ1) is 12.9. The van der Waals surface area contributed by atoms with Crippen molar-refractivity contribution >= 4 is 17.2 Å². The summed E-state index contributed by atoms with van der Waals surface area (Å²) in [6.45, 7) is 2.64. The molecule has 0 aliphatic rings. The van der Waals surface area contributed by atoms with E-state index in [-0.39, 0.29) is 0 Å². The average Bonchev–Trinajstić information content (AvgIpc) is 2.39. The number of benzene rings is 2. The number of hydrogen-bond acceptors (Lipinski definition) is 1. The van der Waals surface area contributed by atoms with Crippen LogP contribution in [0, 0.1) is 0 Å². The molecule has 0 spiro atoms. The molecule has 1 nitrogen and oxygen atoms in total. The Balaban J connectivity index is 2.30. The smallest absolute Gasteiger partial charge is 0.0412 e. The lowest BCUT2D eigenvalue weighted by atomic mass is 10.0. The van der Waals surface area contributed by atoms with Gasteiger partial charge in [-0.2, -0.15) is 0 Å². The number of rotatable bonds is 3. The van der Waals surface area contributed by atoms with E-state index in [9.17, 15) is 0 Å². The summed E-state index contributed by atoms with van der Waals surface area (Å²) >= 11 is 5.99. The second-order valence-electron chi connectivity index (χ2n) is 4.21. The van der Waals surface area contributed by atoms with E-state index < -0.39 is 0 Å². The summed E-state index contributed by atoms with van der Waals surface area (Å²) < 4.78 is 0. The zero-order valence-electron chi connectivity index (χ0n) is 10.4. The highest BCUT2D eigenvalue weighted by Gasteiger charge is 2.00. The van der Waals surface area contributed by atoms with Crippen LogP contribution >= 0.6 is 11.6 Å². The lowest BCUT2D eigenvalue weighted by Gasteiger charge is -2.05. The highest BCUT2D eigenvalue weighted by molar-refractivity contribution is 6.30. The van der Waals surface area contributed by atoms with Crippen molar-refractivity contribution in [3.63, 3.8) is 0 Å². The highest BCUT2D eigenvalue weighted by atomic mass is 35.5. The molecule has 0 fully saturated rings. The molecule has 0 bridgehead atoms.